The maximum Gasteiger partial charge on any atom is 0.297 e. The Morgan fingerprint density at radius 3 is 2.62 bits per heavy atom. The molecule has 0 radical (unpaired) electrons. The van der Waals surface area contributed by atoms with Crippen LogP contribution in [-0.2, 0) is 20.2 Å². The van der Waals surface area contributed by atoms with Crippen LogP contribution in [0.3, 0.4) is 0 Å². The van der Waals surface area contributed by atoms with Gasteiger partial charge in [0, 0.05) is 17.0 Å². The first kappa shape index (κ1) is 21.0. The number of carbonyl (C=O) groups is 2. The molecule has 0 unspecified atom stereocenters. The van der Waals surface area contributed by atoms with E-state index in [-0.39, 0.29) is 17.6 Å². The number of rotatable bonds is 7. The highest BCUT2D eigenvalue weighted by Crippen LogP contribution is 2.67. The van der Waals surface area contributed by atoms with Crippen molar-refractivity contribution in [2.75, 3.05) is 0 Å². The van der Waals surface area contributed by atoms with E-state index in [9.17, 15) is 18.0 Å². The predicted molar refractivity (Wildman–Crippen MR) is 114 cm³/mol. The summed E-state index contributed by atoms with van der Waals surface area (Å²) in [5.74, 6) is -0.636. The number of nitrogens with zero attached hydrogens (tertiary/aromatic N) is 1. The SMILES string of the molecule is CCCC(=O)NS(=O)(=O)c1ccc(C(=O)NC23CC(c4nc5cc(Cl)ccc5o4)(C2)C3)o1. The zero-order chi connectivity index (χ0) is 22.7. The van der Waals surface area contributed by atoms with Crippen molar-refractivity contribution in [2.45, 2.75) is 55.1 Å². The van der Waals surface area contributed by atoms with Gasteiger partial charge in [0.25, 0.3) is 15.9 Å². The molecule has 2 amide bonds. The Balaban J connectivity index is 1.23. The Morgan fingerprint density at radius 1 is 1.16 bits per heavy atom. The van der Waals surface area contributed by atoms with E-state index in [0.29, 0.717) is 47.7 Å². The fourth-order valence-corrected chi connectivity index (χ4v) is 5.76. The van der Waals surface area contributed by atoms with Crippen molar-refractivity contribution in [1.82, 2.24) is 15.0 Å². The molecule has 3 saturated carbocycles. The van der Waals surface area contributed by atoms with Crippen LogP contribution in [0.25, 0.3) is 11.1 Å². The normalized spacial score (nSPS) is 23.9. The van der Waals surface area contributed by atoms with Gasteiger partial charge in [0.05, 0.1) is 5.41 Å². The maximum absolute atomic E-state index is 12.6. The molecule has 168 valence electrons. The quantitative estimate of drug-likeness (QED) is 0.533. The summed E-state index contributed by atoms with van der Waals surface area (Å²) in [7, 11) is -4.16. The van der Waals surface area contributed by atoms with Gasteiger partial charge in [-0.25, -0.2) is 9.71 Å². The molecule has 2 bridgehead atoms. The van der Waals surface area contributed by atoms with Crippen LogP contribution in [0.5, 0.6) is 0 Å². The number of halogens is 1. The lowest BCUT2D eigenvalue weighted by Crippen LogP contribution is -2.76. The number of hydrogen-bond acceptors (Lipinski definition) is 7. The van der Waals surface area contributed by atoms with E-state index in [2.05, 4.69) is 10.3 Å². The van der Waals surface area contributed by atoms with Gasteiger partial charge in [-0.3, -0.25) is 9.59 Å². The molecule has 0 aliphatic heterocycles. The van der Waals surface area contributed by atoms with Gasteiger partial charge in [-0.2, -0.15) is 8.42 Å². The number of hydrogen-bond donors (Lipinski definition) is 2. The highest BCUT2D eigenvalue weighted by atomic mass is 35.5. The van der Waals surface area contributed by atoms with Crippen LogP contribution in [0.2, 0.25) is 5.02 Å². The van der Waals surface area contributed by atoms with Gasteiger partial charge in [0.1, 0.15) is 5.52 Å². The number of fused-ring (bicyclic) bond motifs is 1. The van der Waals surface area contributed by atoms with Crippen molar-refractivity contribution >= 4 is 44.5 Å². The van der Waals surface area contributed by atoms with Gasteiger partial charge in [0.2, 0.25) is 16.9 Å². The molecule has 6 rings (SSSR count). The summed E-state index contributed by atoms with van der Waals surface area (Å²) >= 11 is 6.01. The molecule has 2 N–H and O–H groups in total. The fourth-order valence-electron chi connectivity index (χ4n) is 4.64. The third-order valence-corrected chi connectivity index (χ3v) is 7.49. The number of aromatic nitrogens is 1. The van der Waals surface area contributed by atoms with Gasteiger partial charge < -0.3 is 14.2 Å². The van der Waals surface area contributed by atoms with Gasteiger partial charge >= 0.3 is 0 Å². The van der Waals surface area contributed by atoms with Gasteiger partial charge in [-0.05, 0) is 56.0 Å². The third-order valence-electron chi connectivity index (χ3n) is 6.01. The zero-order valence-electron chi connectivity index (χ0n) is 17.1. The molecule has 2 aromatic heterocycles. The van der Waals surface area contributed by atoms with Crippen molar-refractivity contribution in [3.05, 3.63) is 47.0 Å². The van der Waals surface area contributed by atoms with Gasteiger partial charge in [-0.15, -0.1) is 0 Å². The number of amides is 2. The van der Waals surface area contributed by atoms with E-state index < -0.39 is 32.5 Å². The Labute approximate surface area is 188 Å². The lowest BCUT2D eigenvalue weighted by molar-refractivity contribution is -0.119. The van der Waals surface area contributed by atoms with Crippen LogP contribution in [0, 0.1) is 0 Å². The molecular weight excluding hydrogens is 458 g/mol. The predicted octanol–water partition coefficient (Wildman–Crippen LogP) is 3.28. The highest BCUT2D eigenvalue weighted by molar-refractivity contribution is 7.89. The molecule has 11 heteroatoms. The molecule has 3 fully saturated rings. The molecule has 3 aliphatic rings. The first-order valence-electron chi connectivity index (χ1n) is 10.2. The summed E-state index contributed by atoms with van der Waals surface area (Å²) in [5.41, 5.74) is 0.768. The standard InChI is InChI=1S/C21H20ClN3O6S/c1-2-3-16(26)25-32(28,29)17-7-6-15(30-17)18(27)24-21-9-20(10-21,11-21)19-23-13-8-12(22)4-5-14(13)31-19/h4-8H,2-3,9-11H2,1H3,(H,24,27)(H,25,26). The number of carbonyl (C=O) groups excluding carboxylic acids is 2. The number of sulfonamides is 1. The van der Waals surface area contributed by atoms with Gasteiger partial charge in [-0.1, -0.05) is 18.5 Å². The van der Waals surface area contributed by atoms with E-state index in [4.69, 9.17) is 20.4 Å². The Kier molecular flexibility index (Phi) is 4.65. The smallest absolute Gasteiger partial charge is 0.297 e. The van der Waals surface area contributed by atoms with E-state index in [1.807, 2.05) is 4.72 Å². The molecular formula is C21H20ClN3O6S. The second-order valence-electron chi connectivity index (χ2n) is 8.57. The van der Waals surface area contributed by atoms with E-state index in [1.165, 1.54) is 6.07 Å². The van der Waals surface area contributed by atoms with Crippen LogP contribution in [0.15, 0.2) is 44.3 Å². The van der Waals surface area contributed by atoms with Crippen molar-refractivity contribution in [1.29, 1.82) is 0 Å². The number of furan rings is 1. The summed E-state index contributed by atoms with van der Waals surface area (Å²) in [4.78, 5) is 28.8. The van der Waals surface area contributed by atoms with Crippen molar-refractivity contribution in [2.24, 2.45) is 0 Å². The molecule has 2 heterocycles. The number of oxazole rings is 1. The minimum Gasteiger partial charge on any atom is -0.440 e. The van der Waals surface area contributed by atoms with Crippen molar-refractivity contribution in [3.8, 4) is 0 Å². The summed E-state index contributed by atoms with van der Waals surface area (Å²) < 4.78 is 37.5. The number of nitrogens with one attached hydrogen (secondary N) is 2. The molecule has 0 spiro atoms. The largest absolute Gasteiger partial charge is 0.440 e. The molecule has 0 saturated heterocycles. The summed E-state index contributed by atoms with van der Waals surface area (Å²) in [6.07, 6.45) is 2.60. The molecule has 1 aromatic carbocycles. The van der Waals surface area contributed by atoms with E-state index in [1.54, 1.807) is 25.1 Å². The van der Waals surface area contributed by atoms with E-state index in [0.717, 1.165) is 6.07 Å². The first-order chi connectivity index (χ1) is 15.1. The van der Waals surface area contributed by atoms with Crippen LogP contribution in [0.1, 0.15) is 55.5 Å². The molecule has 3 aromatic rings. The fraction of sp³-hybridized carbons (Fsp3) is 0.381. The van der Waals surface area contributed by atoms with Crippen LogP contribution in [-0.4, -0.2) is 30.8 Å². The monoisotopic (exact) mass is 477 g/mol. The van der Waals surface area contributed by atoms with Crippen molar-refractivity contribution < 1.29 is 26.8 Å². The Hall–Kier alpha value is -2.85. The summed E-state index contributed by atoms with van der Waals surface area (Å²) in [5, 5.41) is 3.04. The average molecular weight is 478 g/mol. The topological polar surface area (TPSA) is 132 Å². The maximum atomic E-state index is 12.6. The summed E-state index contributed by atoms with van der Waals surface area (Å²) in [6.45, 7) is 1.76. The third kappa shape index (κ3) is 3.38. The lowest BCUT2D eigenvalue weighted by atomic mass is 9.39. The minimum absolute atomic E-state index is 0.0741. The van der Waals surface area contributed by atoms with Gasteiger partial charge in [0.15, 0.2) is 11.3 Å². The molecule has 3 aliphatic carbocycles. The number of benzene rings is 1. The summed E-state index contributed by atoms with van der Waals surface area (Å²) in [6, 6.07) is 7.71. The second-order valence-corrected chi connectivity index (χ2v) is 10.6. The van der Waals surface area contributed by atoms with Crippen molar-refractivity contribution in [3.63, 3.8) is 0 Å². The highest BCUT2D eigenvalue weighted by Gasteiger charge is 2.71. The minimum atomic E-state index is -4.16. The Morgan fingerprint density at radius 2 is 1.91 bits per heavy atom. The second kappa shape index (κ2) is 7.08. The van der Waals surface area contributed by atoms with E-state index >= 15 is 0 Å². The van der Waals surface area contributed by atoms with Crippen LogP contribution < -0.4 is 10.0 Å². The molecule has 9 nitrogen and oxygen atoms in total. The molecule has 32 heavy (non-hydrogen) atoms. The van der Waals surface area contributed by atoms with Crippen LogP contribution in [0.4, 0.5) is 0 Å². The lowest BCUT2D eigenvalue weighted by Gasteiger charge is -2.68. The Bertz CT molecular complexity index is 1340. The molecule has 0 atom stereocenters. The van der Waals surface area contributed by atoms with Crippen LogP contribution >= 0.6 is 11.6 Å². The average Bonchev–Trinajstić information content (AvgIpc) is 3.30. The zero-order valence-corrected chi connectivity index (χ0v) is 18.7. The first-order valence-corrected chi connectivity index (χ1v) is 12.0.